The number of guanidine groups is 1. The normalized spacial score (nSPS) is 12.1. The van der Waals surface area contributed by atoms with Crippen molar-refractivity contribution in [2.45, 2.75) is 53.3 Å². The molecule has 1 atom stereocenters. The molecule has 0 aliphatic heterocycles. The minimum atomic E-state index is 0. The Kier molecular flexibility index (Phi) is 9.96. The lowest BCUT2D eigenvalue weighted by Gasteiger charge is -2.18. The first kappa shape index (κ1) is 25.6. The molecule has 3 aromatic rings. The van der Waals surface area contributed by atoms with Gasteiger partial charge in [0.15, 0.2) is 5.96 Å². The van der Waals surface area contributed by atoms with Gasteiger partial charge in [-0.2, -0.15) is 0 Å². The van der Waals surface area contributed by atoms with Crippen LogP contribution in [0.4, 0.5) is 0 Å². The summed E-state index contributed by atoms with van der Waals surface area (Å²) in [5.74, 6) is 3.42. The second-order valence-corrected chi connectivity index (χ2v) is 7.60. The van der Waals surface area contributed by atoms with E-state index in [1.807, 2.05) is 30.0 Å². The highest BCUT2D eigenvalue weighted by Crippen LogP contribution is 2.22. The van der Waals surface area contributed by atoms with Crippen molar-refractivity contribution < 1.29 is 4.74 Å². The summed E-state index contributed by atoms with van der Waals surface area (Å²) < 4.78 is 8.06. The van der Waals surface area contributed by atoms with Gasteiger partial charge >= 0.3 is 0 Å². The minimum Gasteiger partial charge on any atom is -0.490 e. The summed E-state index contributed by atoms with van der Waals surface area (Å²) >= 11 is 0. The van der Waals surface area contributed by atoms with Crippen LogP contribution >= 0.6 is 24.0 Å². The van der Waals surface area contributed by atoms with Crippen molar-refractivity contribution >= 4 is 29.9 Å². The summed E-state index contributed by atoms with van der Waals surface area (Å²) in [6.07, 6.45) is 6.70. The fourth-order valence-corrected chi connectivity index (χ4v) is 3.09. The molecule has 1 aromatic carbocycles. The maximum atomic E-state index is 6.11. The lowest BCUT2D eigenvalue weighted by atomic mass is 10.1. The fraction of sp³-hybridized carbons (Fsp3) is 0.375. The number of pyridine rings is 1. The van der Waals surface area contributed by atoms with E-state index >= 15 is 0 Å². The van der Waals surface area contributed by atoms with Crippen molar-refractivity contribution in [3.8, 4) is 11.6 Å². The average molecular weight is 548 g/mol. The van der Waals surface area contributed by atoms with Crippen LogP contribution in [0.15, 0.2) is 53.9 Å². The van der Waals surface area contributed by atoms with Gasteiger partial charge in [0.25, 0.3) is 0 Å². The average Bonchev–Trinajstić information content (AvgIpc) is 3.21. The van der Waals surface area contributed by atoms with Gasteiger partial charge in [-0.25, -0.2) is 9.97 Å². The van der Waals surface area contributed by atoms with E-state index in [9.17, 15) is 0 Å². The first-order chi connectivity index (χ1) is 15.0. The molecular formula is C24H33IN6O. The van der Waals surface area contributed by atoms with Crippen LogP contribution in [0.2, 0.25) is 0 Å². The van der Waals surface area contributed by atoms with Gasteiger partial charge in [0.2, 0.25) is 0 Å². The Hall–Kier alpha value is -2.62. The predicted molar refractivity (Wildman–Crippen MR) is 140 cm³/mol. The van der Waals surface area contributed by atoms with Gasteiger partial charge in [-0.15, -0.1) is 24.0 Å². The van der Waals surface area contributed by atoms with Crippen molar-refractivity contribution in [3.05, 3.63) is 71.4 Å². The minimum absolute atomic E-state index is 0. The number of hydrogen-bond donors (Lipinski definition) is 2. The van der Waals surface area contributed by atoms with Crippen molar-refractivity contribution in [3.63, 3.8) is 0 Å². The van der Waals surface area contributed by atoms with Crippen molar-refractivity contribution in [1.82, 2.24) is 25.2 Å². The van der Waals surface area contributed by atoms with Crippen molar-refractivity contribution in [2.75, 3.05) is 7.05 Å². The molecule has 0 fully saturated rings. The Labute approximate surface area is 207 Å². The highest BCUT2D eigenvalue weighted by atomic mass is 127. The molecule has 8 heteroatoms. The van der Waals surface area contributed by atoms with Gasteiger partial charge in [0.05, 0.1) is 6.10 Å². The molecule has 0 spiro atoms. The van der Waals surface area contributed by atoms with Gasteiger partial charge < -0.3 is 15.4 Å². The van der Waals surface area contributed by atoms with Crippen molar-refractivity contribution in [2.24, 2.45) is 4.99 Å². The zero-order chi connectivity index (χ0) is 22.2. The third kappa shape index (κ3) is 6.94. The molecule has 1 unspecified atom stereocenters. The van der Waals surface area contributed by atoms with Crippen LogP contribution < -0.4 is 15.4 Å². The molecule has 2 N–H and O–H groups in total. The standard InChI is InChI=1S/C24H32N6O.HI/c1-6-18(3)31-22-13-17(2)7-9-21(22)16-29-24(25-5)28-15-20-8-10-23(27-14-20)30-12-11-26-19(30)4;/h7-14,18H,6,15-16H2,1-5H3,(H2,25,28,29);1H. The quantitative estimate of drug-likeness (QED) is 0.246. The third-order valence-corrected chi connectivity index (χ3v) is 5.14. The van der Waals surface area contributed by atoms with Crippen molar-refractivity contribution in [1.29, 1.82) is 0 Å². The second kappa shape index (κ2) is 12.4. The topological polar surface area (TPSA) is 76.4 Å². The molecule has 0 aliphatic carbocycles. The number of rotatable bonds is 8. The molecule has 0 amide bonds. The summed E-state index contributed by atoms with van der Waals surface area (Å²) in [5, 5.41) is 6.72. The number of benzene rings is 1. The zero-order valence-electron chi connectivity index (χ0n) is 19.4. The maximum absolute atomic E-state index is 6.11. The van der Waals surface area contributed by atoms with E-state index in [-0.39, 0.29) is 30.1 Å². The molecule has 0 saturated heterocycles. The lowest BCUT2D eigenvalue weighted by molar-refractivity contribution is 0.215. The second-order valence-electron chi connectivity index (χ2n) is 7.60. The number of imidazole rings is 1. The number of nitrogens with one attached hydrogen (secondary N) is 2. The van der Waals surface area contributed by atoms with Crippen LogP contribution in [0.1, 0.15) is 42.8 Å². The van der Waals surface area contributed by atoms with Gasteiger partial charge in [0.1, 0.15) is 17.4 Å². The molecule has 3 rings (SSSR count). The van der Waals surface area contributed by atoms with E-state index < -0.39 is 0 Å². The molecule has 2 aromatic heterocycles. The van der Waals surface area contributed by atoms with Crippen LogP contribution in [-0.2, 0) is 13.1 Å². The van der Waals surface area contributed by atoms with Gasteiger partial charge in [-0.1, -0.05) is 25.1 Å². The maximum Gasteiger partial charge on any atom is 0.191 e. The summed E-state index contributed by atoms with van der Waals surface area (Å²) in [5.41, 5.74) is 3.36. The SMILES string of the molecule is CCC(C)Oc1cc(C)ccc1CNC(=NC)NCc1ccc(-n2ccnc2C)nc1.I. The Morgan fingerprint density at radius 2 is 1.91 bits per heavy atom. The van der Waals surface area contributed by atoms with E-state index in [0.29, 0.717) is 13.1 Å². The van der Waals surface area contributed by atoms with E-state index in [0.717, 1.165) is 40.9 Å². The smallest absolute Gasteiger partial charge is 0.191 e. The van der Waals surface area contributed by atoms with E-state index in [2.05, 4.69) is 70.6 Å². The molecule has 0 radical (unpaired) electrons. The Morgan fingerprint density at radius 3 is 2.53 bits per heavy atom. The number of nitrogens with zero attached hydrogens (tertiary/aromatic N) is 4. The van der Waals surface area contributed by atoms with Crippen LogP contribution in [0.5, 0.6) is 5.75 Å². The number of hydrogen-bond acceptors (Lipinski definition) is 4. The molecule has 0 saturated carbocycles. The largest absolute Gasteiger partial charge is 0.490 e. The summed E-state index contributed by atoms with van der Waals surface area (Å²) in [7, 11) is 1.77. The van der Waals surface area contributed by atoms with Gasteiger partial charge in [-0.3, -0.25) is 9.56 Å². The van der Waals surface area contributed by atoms with Crippen LogP contribution in [0.25, 0.3) is 5.82 Å². The molecule has 7 nitrogen and oxygen atoms in total. The number of halogens is 1. The molecule has 32 heavy (non-hydrogen) atoms. The monoisotopic (exact) mass is 548 g/mol. The summed E-state index contributed by atoms with van der Waals surface area (Å²) in [4.78, 5) is 13.1. The lowest BCUT2D eigenvalue weighted by Crippen LogP contribution is -2.36. The van der Waals surface area contributed by atoms with Gasteiger partial charge in [-0.05, 0) is 50.5 Å². The molecule has 172 valence electrons. The Morgan fingerprint density at radius 1 is 1.12 bits per heavy atom. The molecular weight excluding hydrogens is 515 g/mol. The van der Waals surface area contributed by atoms with Crippen LogP contribution in [0, 0.1) is 13.8 Å². The first-order valence-electron chi connectivity index (χ1n) is 10.7. The van der Waals surface area contributed by atoms with Crippen LogP contribution in [-0.4, -0.2) is 33.6 Å². The summed E-state index contributed by atoms with van der Waals surface area (Å²) in [6, 6.07) is 10.3. The molecule has 0 bridgehead atoms. The van der Waals surface area contributed by atoms with E-state index in [4.69, 9.17) is 4.74 Å². The fourth-order valence-electron chi connectivity index (χ4n) is 3.09. The first-order valence-corrected chi connectivity index (χ1v) is 10.7. The van der Waals surface area contributed by atoms with Crippen LogP contribution in [0.3, 0.4) is 0 Å². The van der Waals surface area contributed by atoms with Gasteiger partial charge in [0, 0.05) is 44.3 Å². The number of aromatic nitrogens is 3. The molecule has 2 heterocycles. The number of aliphatic imine (C=N–C) groups is 1. The zero-order valence-corrected chi connectivity index (χ0v) is 21.8. The molecule has 0 aliphatic rings. The van der Waals surface area contributed by atoms with E-state index in [1.165, 1.54) is 5.56 Å². The highest BCUT2D eigenvalue weighted by Gasteiger charge is 2.09. The number of ether oxygens (including phenoxy) is 1. The highest BCUT2D eigenvalue weighted by molar-refractivity contribution is 14.0. The predicted octanol–water partition coefficient (Wildman–Crippen LogP) is 4.54. The number of aryl methyl sites for hydroxylation is 2. The Balaban J connectivity index is 0.00000363. The summed E-state index contributed by atoms with van der Waals surface area (Å²) in [6.45, 7) is 9.51. The third-order valence-electron chi connectivity index (χ3n) is 5.14. The van der Waals surface area contributed by atoms with E-state index in [1.54, 1.807) is 13.2 Å². The Bertz CT molecular complexity index is 1020.